The number of hydrogen-bond acceptors (Lipinski definition) is 2. The van der Waals surface area contributed by atoms with E-state index < -0.39 is 0 Å². The van der Waals surface area contributed by atoms with Gasteiger partial charge in [-0.2, -0.15) is 0 Å². The van der Waals surface area contributed by atoms with Crippen molar-refractivity contribution in [3.63, 3.8) is 0 Å². The van der Waals surface area contributed by atoms with Gasteiger partial charge in [0.15, 0.2) is 0 Å². The Kier molecular flexibility index (Phi) is 5.77. The topological polar surface area (TPSA) is 21.3 Å². The van der Waals surface area contributed by atoms with Crippen LogP contribution in [0.15, 0.2) is 16.6 Å². The molecule has 0 aromatic heterocycles. The molecule has 1 aromatic carbocycles. The first-order valence-corrected chi connectivity index (χ1v) is 6.60. The van der Waals surface area contributed by atoms with E-state index in [1.165, 1.54) is 22.0 Å². The predicted molar refractivity (Wildman–Crippen MR) is 77.4 cm³/mol. The van der Waals surface area contributed by atoms with Crippen LogP contribution in [0.2, 0.25) is 0 Å². The van der Waals surface area contributed by atoms with Gasteiger partial charge in [-0.3, -0.25) is 0 Å². The molecule has 0 aliphatic carbocycles. The highest BCUT2D eigenvalue weighted by Crippen LogP contribution is 2.27. The molecule has 0 amide bonds. The van der Waals surface area contributed by atoms with Crippen molar-refractivity contribution < 1.29 is 4.74 Å². The van der Waals surface area contributed by atoms with E-state index in [0.717, 1.165) is 25.3 Å². The van der Waals surface area contributed by atoms with Gasteiger partial charge in [-0.25, -0.2) is 0 Å². The Morgan fingerprint density at radius 3 is 2.47 bits per heavy atom. The van der Waals surface area contributed by atoms with Crippen LogP contribution in [0.1, 0.15) is 24.0 Å². The monoisotopic (exact) mass is 319 g/mol. The molecule has 1 aromatic rings. The van der Waals surface area contributed by atoms with Crippen molar-refractivity contribution in [3.05, 3.63) is 27.7 Å². The van der Waals surface area contributed by atoms with Gasteiger partial charge < -0.3 is 10.1 Å². The summed E-state index contributed by atoms with van der Waals surface area (Å²) in [4.78, 5) is 0. The van der Waals surface area contributed by atoms with Crippen molar-refractivity contribution in [2.75, 3.05) is 13.1 Å². The third-order valence-corrected chi connectivity index (χ3v) is 4.22. The Balaban J connectivity index is 0.00000144. The van der Waals surface area contributed by atoms with Crippen molar-refractivity contribution in [1.29, 1.82) is 0 Å². The molecule has 0 saturated carbocycles. The molecule has 0 spiro atoms. The van der Waals surface area contributed by atoms with Gasteiger partial charge in [-0.15, -0.1) is 12.4 Å². The van der Waals surface area contributed by atoms with Gasteiger partial charge in [0.05, 0.1) is 0 Å². The second-order valence-corrected chi connectivity index (χ2v) is 5.25. The van der Waals surface area contributed by atoms with Crippen molar-refractivity contribution in [3.8, 4) is 5.75 Å². The highest BCUT2D eigenvalue weighted by molar-refractivity contribution is 9.10. The molecule has 1 saturated heterocycles. The quantitative estimate of drug-likeness (QED) is 0.898. The van der Waals surface area contributed by atoms with Crippen LogP contribution in [-0.4, -0.2) is 19.2 Å². The first-order valence-electron chi connectivity index (χ1n) is 5.81. The number of nitrogens with one attached hydrogen (secondary N) is 1. The lowest BCUT2D eigenvalue weighted by molar-refractivity contribution is 0.167. The lowest BCUT2D eigenvalue weighted by atomic mass is 10.1. The van der Waals surface area contributed by atoms with Crippen molar-refractivity contribution in [2.45, 2.75) is 32.8 Å². The van der Waals surface area contributed by atoms with Crippen LogP contribution in [0.25, 0.3) is 0 Å². The molecule has 0 radical (unpaired) electrons. The molecule has 1 aliphatic heterocycles. The van der Waals surface area contributed by atoms with Crippen molar-refractivity contribution in [2.24, 2.45) is 0 Å². The maximum absolute atomic E-state index is 5.99. The van der Waals surface area contributed by atoms with E-state index in [1.54, 1.807) is 0 Å². The minimum absolute atomic E-state index is 0. The van der Waals surface area contributed by atoms with Crippen LogP contribution >= 0.6 is 28.3 Å². The summed E-state index contributed by atoms with van der Waals surface area (Å²) in [6.45, 7) is 6.29. The summed E-state index contributed by atoms with van der Waals surface area (Å²) < 4.78 is 7.17. The Bertz CT molecular complexity index is 355. The van der Waals surface area contributed by atoms with Gasteiger partial charge in [0.1, 0.15) is 11.9 Å². The van der Waals surface area contributed by atoms with Gasteiger partial charge >= 0.3 is 0 Å². The minimum Gasteiger partial charge on any atom is -0.489 e. The number of rotatable bonds is 2. The lowest BCUT2D eigenvalue weighted by Crippen LogP contribution is -2.37. The summed E-state index contributed by atoms with van der Waals surface area (Å²) in [5, 5.41) is 3.36. The molecule has 1 atom stereocenters. The van der Waals surface area contributed by atoms with E-state index in [9.17, 15) is 0 Å². The zero-order chi connectivity index (χ0) is 11.5. The molecule has 17 heavy (non-hydrogen) atoms. The summed E-state index contributed by atoms with van der Waals surface area (Å²) in [5.41, 5.74) is 2.47. The van der Waals surface area contributed by atoms with Crippen molar-refractivity contribution in [1.82, 2.24) is 5.32 Å². The minimum atomic E-state index is 0. The fourth-order valence-corrected chi connectivity index (χ4v) is 2.32. The van der Waals surface area contributed by atoms with Crippen LogP contribution < -0.4 is 10.1 Å². The van der Waals surface area contributed by atoms with Crippen LogP contribution in [0.3, 0.4) is 0 Å². The Hall–Kier alpha value is -0.250. The second kappa shape index (κ2) is 6.62. The Labute approximate surface area is 118 Å². The van der Waals surface area contributed by atoms with Gasteiger partial charge in [0.25, 0.3) is 0 Å². The van der Waals surface area contributed by atoms with Gasteiger partial charge in [0, 0.05) is 11.0 Å². The van der Waals surface area contributed by atoms with Gasteiger partial charge in [-0.1, -0.05) is 15.9 Å². The van der Waals surface area contributed by atoms with E-state index in [4.69, 9.17) is 4.74 Å². The number of hydrogen-bond donors (Lipinski definition) is 1. The van der Waals surface area contributed by atoms with E-state index in [-0.39, 0.29) is 12.4 Å². The third-order valence-electron chi connectivity index (χ3n) is 2.96. The van der Waals surface area contributed by atoms with E-state index in [0.29, 0.717) is 6.10 Å². The molecule has 0 unspecified atom stereocenters. The van der Waals surface area contributed by atoms with E-state index in [2.05, 4.69) is 47.2 Å². The smallest absolute Gasteiger partial charge is 0.120 e. The number of piperidine rings is 1. The fourth-order valence-electron chi connectivity index (χ4n) is 2.09. The maximum atomic E-state index is 5.99. The molecular formula is C13H19BrClNO. The molecule has 1 N–H and O–H groups in total. The summed E-state index contributed by atoms with van der Waals surface area (Å²) in [6, 6.07) is 4.21. The Morgan fingerprint density at radius 2 is 1.94 bits per heavy atom. The summed E-state index contributed by atoms with van der Waals surface area (Å²) >= 11 is 3.57. The predicted octanol–water partition coefficient (Wildman–Crippen LogP) is 3.62. The SMILES string of the molecule is Cc1cc(O[C@@H]2CCCNC2)cc(C)c1Br.Cl. The first-order chi connectivity index (χ1) is 7.66. The number of benzene rings is 1. The molecule has 1 fully saturated rings. The average Bonchev–Trinajstić information content (AvgIpc) is 2.27. The highest BCUT2D eigenvalue weighted by Gasteiger charge is 2.14. The number of halogens is 2. The second-order valence-electron chi connectivity index (χ2n) is 4.46. The highest BCUT2D eigenvalue weighted by atomic mass is 79.9. The lowest BCUT2D eigenvalue weighted by Gasteiger charge is -2.24. The van der Waals surface area contributed by atoms with Gasteiger partial charge in [-0.05, 0) is 56.5 Å². The first kappa shape index (κ1) is 14.8. The molecule has 1 aliphatic rings. The third kappa shape index (κ3) is 3.87. The van der Waals surface area contributed by atoms with Crippen LogP contribution in [-0.2, 0) is 0 Å². The van der Waals surface area contributed by atoms with E-state index >= 15 is 0 Å². The molecule has 1 heterocycles. The molecule has 2 rings (SSSR count). The summed E-state index contributed by atoms with van der Waals surface area (Å²) in [5.74, 6) is 0.993. The average molecular weight is 321 g/mol. The van der Waals surface area contributed by atoms with Crippen LogP contribution in [0.4, 0.5) is 0 Å². The van der Waals surface area contributed by atoms with Crippen LogP contribution in [0.5, 0.6) is 5.75 Å². The number of aryl methyl sites for hydroxylation is 2. The molecule has 4 heteroatoms. The van der Waals surface area contributed by atoms with Gasteiger partial charge in [0.2, 0.25) is 0 Å². The zero-order valence-corrected chi connectivity index (χ0v) is 12.7. The van der Waals surface area contributed by atoms with E-state index in [1.807, 2.05) is 0 Å². The summed E-state index contributed by atoms with van der Waals surface area (Å²) in [7, 11) is 0. The molecule has 96 valence electrons. The fraction of sp³-hybridized carbons (Fsp3) is 0.538. The molecule has 0 bridgehead atoms. The number of ether oxygens (including phenoxy) is 1. The standard InChI is InChI=1S/C13H18BrNO.ClH/c1-9-6-12(7-10(2)13(9)14)16-11-4-3-5-15-8-11;/h6-7,11,15H,3-5,8H2,1-2H3;1H/t11-;/m1./s1. The molecular weight excluding hydrogens is 302 g/mol. The zero-order valence-electron chi connectivity index (χ0n) is 10.3. The molecule has 2 nitrogen and oxygen atoms in total. The maximum Gasteiger partial charge on any atom is 0.120 e. The van der Waals surface area contributed by atoms with Crippen LogP contribution in [0, 0.1) is 13.8 Å². The normalized spacial score (nSPS) is 19.6. The largest absolute Gasteiger partial charge is 0.489 e. The van der Waals surface area contributed by atoms with Crippen molar-refractivity contribution >= 4 is 28.3 Å². The Morgan fingerprint density at radius 1 is 1.29 bits per heavy atom. The summed E-state index contributed by atoms with van der Waals surface area (Å²) in [6.07, 6.45) is 2.69.